The highest BCUT2D eigenvalue weighted by molar-refractivity contribution is 7.88. The molecule has 0 heterocycles. The zero-order valence-corrected chi connectivity index (χ0v) is 16.6. The lowest BCUT2D eigenvalue weighted by atomic mass is 9.95. The molecule has 0 fully saturated rings. The van der Waals surface area contributed by atoms with Gasteiger partial charge in [-0.15, -0.1) is 0 Å². The zero-order valence-electron chi connectivity index (χ0n) is 15.8. The fraction of sp³-hybridized carbons (Fsp3) is 0.143. The van der Waals surface area contributed by atoms with E-state index in [1.807, 2.05) is 0 Å². The Morgan fingerprint density at radius 3 is 1.61 bits per heavy atom. The van der Waals surface area contributed by atoms with Crippen LogP contribution in [0.15, 0.2) is 60.7 Å². The van der Waals surface area contributed by atoms with Crippen LogP contribution in [0.25, 0.3) is 0 Å². The van der Waals surface area contributed by atoms with Gasteiger partial charge in [0.2, 0.25) is 15.8 Å². The van der Waals surface area contributed by atoms with Gasteiger partial charge in [-0.25, -0.2) is 35.1 Å². The number of nitrogens with one attached hydrogen (secondary N) is 1. The Balaban J connectivity index is 1.98. The minimum atomic E-state index is -4.59. The average molecular weight is 456 g/mol. The smallest absolute Gasteiger partial charge is 0.216 e. The molecular weight excluding hydrogens is 439 g/mol. The summed E-state index contributed by atoms with van der Waals surface area (Å²) in [6, 6.07) is 14.6. The van der Waals surface area contributed by atoms with Gasteiger partial charge in [0.15, 0.2) is 23.3 Å². The van der Waals surface area contributed by atoms with E-state index in [0.29, 0.717) is 11.1 Å². The van der Waals surface area contributed by atoms with Crippen LogP contribution in [0.5, 0.6) is 0 Å². The zero-order chi connectivity index (χ0) is 22.8. The normalized spacial score (nSPS) is 13.7. The third-order valence-electron chi connectivity index (χ3n) is 4.64. The van der Waals surface area contributed by atoms with Crippen molar-refractivity contribution < 1.29 is 30.4 Å². The maximum atomic E-state index is 14.0. The van der Waals surface area contributed by atoms with Crippen molar-refractivity contribution in [3.8, 4) is 0 Å². The van der Waals surface area contributed by atoms with Gasteiger partial charge in [0.05, 0.1) is 17.8 Å². The molecule has 4 nitrogen and oxygen atoms in total. The Morgan fingerprint density at radius 2 is 1.13 bits per heavy atom. The summed E-state index contributed by atoms with van der Waals surface area (Å²) >= 11 is 0. The second-order valence-corrected chi connectivity index (χ2v) is 8.50. The highest BCUT2D eigenvalue weighted by Gasteiger charge is 2.31. The van der Waals surface area contributed by atoms with Gasteiger partial charge in [0.25, 0.3) is 0 Å². The van der Waals surface area contributed by atoms with Crippen LogP contribution in [-0.2, 0) is 15.8 Å². The predicted octanol–water partition coefficient (Wildman–Crippen LogP) is 4.24. The monoisotopic (exact) mass is 456 g/mol. The number of benzene rings is 3. The van der Waals surface area contributed by atoms with Crippen molar-refractivity contribution in [3.05, 3.63) is 106 Å². The lowest BCUT2D eigenvalue weighted by Crippen LogP contribution is -2.37. The van der Waals surface area contributed by atoms with E-state index in [1.54, 1.807) is 60.7 Å². The van der Waals surface area contributed by atoms with Crippen molar-refractivity contribution in [3.63, 3.8) is 0 Å². The summed E-state index contributed by atoms with van der Waals surface area (Å²) < 4.78 is 95.7. The van der Waals surface area contributed by atoms with E-state index in [4.69, 9.17) is 5.73 Å². The van der Waals surface area contributed by atoms with Crippen molar-refractivity contribution in [2.45, 2.75) is 17.8 Å². The molecule has 0 saturated heterocycles. The first-order valence-corrected chi connectivity index (χ1v) is 10.6. The largest absolute Gasteiger partial charge is 0.322 e. The Kier molecular flexibility index (Phi) is 6.73. The van der Waals surface area contributed by atoms with E-state index in [1.165, 1.54) is 0 Å². The molecule has 2 unspecified atom stereocenters. The Labute approximate surface area is 175 Å². The maximum absolute atomic E-state index is 14.0. The van der Waals surface area contributed by atoms with Crippen LogP contribution in [0, 0.1) is 29.1 Å². The first-order chi connectivity index (χ1) is 14.6. The highest BCUT2D eigenvalue weighted by Crippen LogP contribution is 2.29. The molecule has 0 spiro atoms. The van der Waals surface area contributed by atoms with Gasteiger partial charge in [-0.2, -0.15) is 0 Å². The van der Waals surface area contributed by atoms with Gasteiger partial charge in [0, 0.05) is 5.56 Å². The van der Waals surface area contributed by atoms with E-state index in [2.05, 4.69) is 4.72 Å². The van der Waals surface area contributed by atoms with E-state index >= 15 is 0 Å². The summed E-state index contributed by atoms with van der Waals surface area (Å²) in [7, 11) is -4.59. The molecule has 0 bridgehead atoms. The second kappa shape index (κ2) is 9.13. The number of rotatable bonds is 7. The van der Waals surface area contributed by atoms with Crippen molar-refractivity contribution in [2.24, 2.45) is 5.73 Å². The van der Waals surface area contributed by atoms with Crippen LogP contribution in [0.3, 0.4) is 0 Å². The Hall–Kier alpha value is -2.82. The summed E-state index contributed by atoms with van der Waals surface area (Å²) in [5, 5.41) is 0. The molecule has 3 rings (SSSR count). The summed E-state index contributed by atoms with van der Waals surface area (Å²) in [5.41, 5.74) is 5.81. The summed E-state index contributed by atoms with van der Waals surface area (Å²) in [6.45, 7) is 0. The summed E-state index contributed by atoms with van der Waals surface area (Å²) in [5.74, 6) is -12.7. The Morgan fingerprint density at radius 1 is 0.710 bits per heavy atom. The van der Waals surface area contributed by atoms with Crippen LogP contribution in [0.1, 0.15) is 28.8 Å². The van der Waals surface area contributed by atoms with E-state index in [0.717, 1.165) is 0 Å². The first kappa shape index (κ1) is 22.9. The van der Waals surface area contributed by atoms with Gasteiger partial charge in [-0.3, -0.25) is 0 Å². The van der Waals surface area contributed by atoms with Gasteiger partial charge in [0.1, 0.15) is 0 Å². The van der Waals surface area contributed by atoms with Crippen molar-refractivity contribution in [2.75, 3.05) is 0 Å². The molecule has 0 aliphatic heterocycles. The number of sulfonamides is 1. The minimum Gasteiger partial charge on any atom is -0.322 e. The molecule has 0 aliphatic rings. The summed E-state index contributed by atoms with van der Waals surface area (Å²) in [4.78, 5) is 0. The molecule has 3 aromatic rings. The standard InChI is InChI=1S/C21H17F5N2O2S/c22-15-14(16(23)18(25)19(26)17(15)24)11-31(29,30)28-21(13-9-5-2-6-10-13)20(27)12-7-3-1-4-8-12/h1-10,20-21,28H,11,27H2. The van der Waals surface area contributed by atoms with Crippen LogP contribution in [0.4, 0.5) is 22.0 Å². The molecule has 0 aromatic heterocycles. The molecule has 0 radical (unpaired) electrons. The quantitative estimate of drug-likeness (QED) is 0.317. The van der Waals surface area contributed by atoms with Gasteiger partial charge in [-0.05, 0) is 11.1 Å². The minimum absolute atomic E-state index is 0.444. The lowest BCUT2D eigenvalue weighted by Gasteiger charge is -2.26. The molecule has 3 N–H and O–H groups in total. The van der Waals surface area contributed by atoms with Gasteiger partial charge in [-0.1, -0.05) is 60.7 Å². The van der Waals surface area contributed by atoms with Crippen molar-refractivity contribution >= 4 is 10.0 Å². The SMILES string of the molecule is NC(c1ccccc1)C(NS(=O)(=O)Cc1c(F)c(F)c(F)c(F)c1F)c1ccccc1. The number of nitrogens with two attached hydrogens (primary N) is 1. The average Bonchev–Trinajstić information content (AvgIpc) is 2.78. The van der Waals surface area contributed by atoms with Crippen LogP contribution in [0.2, 0.25) is 0 Å². The van der Waals surface area contributed by atoms with E-state index < -0.39 is 62.5 Å². The molecular formula is C21H17F5N2O2S. The topological polar surface area (TPSA) is 72.2 Å². The number of hydrogen-bond acceptors (Lipinski definition) is 3. The number of halogens is 5. The van der Waals surface area contributed by atoms with Gasteiger partial charge < -0.3 is 5.73 Å². The third kappa shape index (κ3) is 4.92. The van der Waals surface area contributed by atoms with Crippen molar-refractivity contribution in [1.82, 2.24) is 4.72 Å². The highest BCUT2D eigenvalue weighted by atomic mass is 32.2. The summed E-state index contributed by atoms with van der Waals surface area (Å²) in [6.07, 6.45) is 0. The molecule has 3 aromatic carbocycles. The Bertz CT molecular complexity index is 1150. The first-order valence-electron chi connectivity index (χ1n) is 8.98. The van der Waals surface area contributed by atoms with E-state index in [9.17, 15) is 30.4 Å². The maximum Gasteiger partial charge on any atom is 0.216 e. The second-order valence-electron chi connectivity index (χ2n) is 6.75. The lowest BCUT2D eigenvalue weighted by molar-refractivity contribution is 0.372. The molecule has 0 aliphatic carbocycles. The van der Waals surface area contributed by atoms with Gasteiger partial charge >= 0.3 is 0 Å². The van der Waals surface area contributed by atoms with Crippen LogP contribution < -0.4 is 10.5 Å². The number of hydrogen-bond donors (Lipinski definition) is 2. The molecule has 10 heteroatoms. The van der Waals surface area contributed by atoms with Crippen molar-refractivity contribution in [1.29, 1.82) is 0 Å². The molecule has 0 saturated carbocycles. The molecule has 31 heavy (non-hydrogen) atoms. The van der Waals surface area contributed by atoms with E-state index in [-0.39, 0.29) is 0 Å². The van der Waals surface area contributed by atoms with Crippen LogP contribution >= 0.6 is 0 Å². The molecule has 2 atom stereocenters. The predicted molar refractivity (Wildman–Crippen MR) is 105 cm³/mol. The third-order valence-corrected chi connectivity index (χ3v) is 5.93. The molecule has 164 valence electrons. The van der Waals surface area contributed by atoms with Crippen LogP contribution in [-0.4, -0.2) is 8.42 Å². The fourth-order valence-corrected chi connectivity index (χ4v) is 4.47. The molecule has 0 amide bonds. The fourth-order valence-electron chi connectivity index (χ4n) is 3.08.